The summed E-state index contributed by atoms with van der Waals surface area (Å²) in [6, 6.07) is 38.1. The molecule has 0 bridgehead atoms. The lowest BCUT2D eigenvalue weighted by Crippen LogP contribution is -2.34. The van der Waals surface area contributed by atoms with Gasteiger partial charge in [0.25, 0.3) is 0 Å². The highest BCUT2D eigenvalue weighted by atomic mass is 14.4. The first-order valence-electron chi connectivity index (χ1n) is 30.7. The third kappa shape index (κ3) is 37.6. The Morgan fingerprint density at radius 3 is 1.14 bits per heavy atom. The molecule has 0 nitrogen and oxygen atoms in total. The molecule has 2 unspecified atom stereocenters. The van der Waals surface area contributed by atoms with Crippen molar-refractivity contribution in [3.63, 3.8) is 0 Å². The van der Waals surface area contributed by atoms with E-state index in [0.29, 0.717) is 10.8 Å². The molecule has 0 radical (unpaired) electrons. The van der Waals surface area contributed by atoms with Gasteiger partial charge in [-0.2, -0.15) is 0 Å². The van der Waals surface area contributed by atoms with E-state index < -0.39 is 0 Å². The minimum atomic E-state index is 0.586. The molecule has 3 saturated carbocycles. The number of hydrogen-bond donors (Lipinski definition) is 0. The van der Waals surface area contributed by atoms with Crippen molar-refractivity contribution in [1.29, 1.82) is 0 Å². The molecule has 0 aliphatic heterocycles. The molecule has 72 heavy (non-hydrogen) atoms. The molecule has 0 saturated heterocycles. The molecule has 4 aromatic carbocycles. The summed E-state index contributed by atoms with van der Waals surface area (Å²) in [5.74, 6) is 5.16. The Hall–Kier alpha value is -3.12. The maximum atomic E-state index is 2.46. The summed E-state index contributed by atoms with van der Waals surface area (Å²) in [4.78, 5) is 0. The van der Waals surface area contributed by atoms with E-state index in [1.54, 1.807) is 6.42 Å². The summed E-state index contributed by atoms with van der Waals surface area (Å²) >= 11 is 0. The van der Waals surface area contributed by atoms with Gasteiger partial charge in [0.15, 0.2) is 0 Å². The summed E-state index contributed by atoms with van der Waals surface area (Å²) in [5.41, 5.74) is 9.43. The second-order valence-corrected chi connectivity index (χ2v) is 23.2. The van der Waals surface area contributed by atoms with E-state index in [1.165, 1.54) is 155 Å². The smallest absolute Gasteiger partial charge is 0.00258 e. The van der Waals surface area contributed by atoms with E-state index in [0.717, 1.165) is 42.4 Å². The molecule has 0 heteroatoms. The number of benzene rings is 4. The third-order valence-corrected chi connectivity index (χ3v) is 14.9. The van der Waals surface area contributed by atoms with Crippen LogP contribution in [0.15, 0.2) is 109 Å². The predicted molar refractivity (Wildman–Crippen MR) is 332 cm³/mol. The van der Waals surface area contributed by atoms with Crippen LogP contribution in [-0.2, 0) is 12.8 Å². The van der Waals surface area contributed by atoms with Crippen LogP contribution in [0.4, 0.5) is 0 Å². The number of hydrogen-bond acceptors (Lipinski definition) is 0. The van der Waals surface area contributed by atoms with Gasteiger partial charge in [-0.3, -0.25) is 0 Å². The Morgan fingerprint density at radius 1 is 0.431 bits per heavy atom. The first-order chi connectivity index (χ1) is 34.5. The molecule has 4 aromatic rings. The van der Waals surface area contributed by atoms with E-state index in [1.807, 2.05) is 33.8 Å². The number of rotatable bonds is 11. The molecule has 0 heterocycles. The molecule has 412 valence electrons. The van der Waals surface area contributed by atoms with E-state index in [-0.39, 0.29) is 0 Å². The van der Waals surface area contributed by atoms with Crippen molar-refractivity contribution in [2.75, 3.05) is 0 Å². The lowest BCUT2D eigenvalue weighted by molar-refractivity contribution is 0.0581. The molecule has 0 spiro atoms. The molecule has 2 atom stereocenters. The van der Waals surface area contributed by atoms with Crippen LogP contribution in [-0.4, -0.2) is 0 Å². The van der Waals surface area contributed by atoms with Crippen molar-refractivity contribution >= 4 is 0 Å². The fourth-order valence-corrected chi connectivity index (χ4v) is 10.8. The van der Waals surface area contributed by atoms with Crippen LogP contribution in [0.2, 0.25) is 0 Å². The van der Waals surface area contributed by atoms with Crippen LogP contribution in [0.3, 0.4) is 0 Å². The van der Waals surface area contributed by atoms with Gasteiger partial charge >= 0.3 is 0 Å². The standard InChI is InChI=1S/C15H28.C14H14.C12H24.2C8H10.C8H18.C3H8.2C2H6/c1-12-3-7-14(8-4-12)11-15-9-5-13(2)6-10-15;1-12-7-9-14(10-8-12)11-13-5-3-2-4-6-13;1-6-12(5)8-10(2)7-11(3,4)9-12;1-7-5-3-4-6-8(7)2;1-2-8-6-4-3-5-7-8;1-3-5-7-8-6-4-2;1-3-2;2*1-2/h12-15H,3-11H2,1-2H3;2-10H,11H2,1H3;10H,6-9H2,1-5H3;3-6H,1-2H3;3-7H,2H2,1H3;3-8H2,1-2H3;3H2,1-2H3;2*1-2H3. The van der Waals surface area contributed by atoms with Gasteiger partial charge in [-0.15, -0.1) is 0 Å². The van der Waals surface area contributed by atoms with Crippen LogP contribution < -0.4 is 0 Å². The summed E-state index contributed by atoms with van der Waals surface area (Å²) in [6.07, 6.45) is 31.3. The topological polar surface area (TPSA) is 0 Å². The molecular weight excluding hydrogens is 865 g/mol. The van der Waals surface area contributed by atoms with Gasteiger partial charge in [-0.25, -0.2) is 0 Å². The monoisotopic (exact) mass is 989 g/mol. The highest BCUT2D eigenvalue weighted by molar-refractivity contribution is 5.28. The zero-order valence-electron chi connectivity index (χ0n) is 51.8. The average Bonchev–Trinajstić information content (AvgIpc) is 3.38. The number of aryl methyl sites for hydroxylation is 4. The summed E-state index contributed by atoms with van der Waals surface area (Å²) in [6.45, 7) is 42.2. The molecule has 0 amide bonds. The molecular formula is C72H124. The maximum Gasteiger partial charge on any atom is -0.00258 e. The largest absolute Gasteiger partial charge is 0.0683 e. The fraction of sp³-hybridized carbons (Fsp3) is 0.667. The van der Waals surface area contributed by atoms with Crippen LogP contribution >= 0.6 is 0 Å². The van der Waals surface area contributed by atoms with Crippen molar-refractivity contribution in [2.45, 2.75) is 273 Å². The summed E-state index contributed by atoms with van der Waals surface area (Å²) in [5, 5.41) is 0. The number of unbranched alkanes of at least 4 members (excludes halogenated alkanes) is 5. The Bertz CT molecular complexity index is 1650. The van der Waals surface area contributed by atoms with Gasteiger partial charge in [0, 0.05) is 0 Å². The van der Waals surface area contributed by atoms with Gasteiger partial charge in [0.1, 0.15) is 0 Å². The van der Waals surface area contributed by atoms with Crippen LogP contribution in [0.5, 0.6) is 0 Å². The normalized spacial score (nSPS) is 21.3. The molecule has 3 aliphatic carbocycles. The van der Waals surface area contributed by atoms with Crippen LogP contribution in [0.25, 0.3) is 0 Å². The maximum absolute atomic E-state index is 2.46. The van der Waals surface area contributed by atoms with E-state index in [9.17, 15) is 0 Å². The predicted octanol–water partition coefficient (Wildman–Crippen LogP) is 24.3. The lowest BCUT2D eigenvalue weighted by Gasteiger charge is -2.45. The highest BCUT2D eigenvalue weighted by Crippen LogP contribution is 2.50. The zero-order chi connectivity index (χ0) is 54.6. The molecule has 7 rings (SSSR count). The fourth-order valence-electron chi connectivity index (χ4n) is 10.8. The third-order valence-electron chi connectivity index (χ3n) is 14.9. The lowest BCUT2D eigenvalue weighted by atomic mass is 9.60. The molecule has 0 aromatic heterocycles. The van der Waals surface area contributed by atoms with E-state index in [4.69, 9.17) is 0 Å². The second kappa shape index (κ2) is 45.3. The quantitative estimate of drug-likeness (QED) is 0.131. The van der Waals surface area contributed by atoms with Crippen LogP contribution in [0.1, 0.15) is 273 Å². The SMILES string of the molecule is CC.CC.CC1CCC(CC2CCC(C)CC2)CC1.CCC.CCC1(C)CC(C)CC(C)(C)C1.CCCCCCCC.CCc1ccccc1.Cc1ccc(Cc2ccccc2)cc1.Cc1ccccc1C. The van der Waals surface area contributed by atoms with Gasteiger partial charge in [0.2, 0.25) is 0 Å². The summed E-state index contributed by atoms with van der Waals surface area (Å²) < 4.78 is 0. The minimum Gasteiger partial charge on any atom is -0.0683 e. The van der Waals surface area contributed by atoms with Gasteiger partial charge < -0.3 is 0 Å². The van der Waals surface area contributed by atoms with Crippen molar-refractivity contribution < 1.29 is 0 Å². The van der Waals surface area contributed by atoms with Crippen LogP contribution in [0, 0.1) is 61.2 Å². The van der Waals surface area contributed by atoms with E-state index >= 15 is 0 Å². The van der Waals surface area contributed by atoms with Gasteiger partial charge in [-0.05, 0) is 128 Å². The molecule has 3 aliphatic rings. The van der Waals surface area contributed by atoms with E-state index in [2.05, 4.69) is 207 Å². The van der Waals surface area contributed by atoms with Gasteiger partial charge in [0.05, 0.1) is 0 Å². The first-order valence-corrected chi connectivity index (χ1v) is 30.7. The molecule has 3 fully saturated rings. The second-order valence-electron chi connectivity index (χ2n) is 23.2. The summed E-state index contributed by atoms with van der Waals surface area (Å²) in [7, 11) is 0. The Balaban J connectivity index is 0. The van der Waals surface area contributed by atoms with Crippen molar-refractivity contribution in [1.82, 2.24) is 0 Å². The minimum absolute atomic E-state index is 0.586. The van der Waals surface area contributed by atoms with Crippen molar-refractivity contribution in [2.24, 2.45) is 40.4 Å². The van der Waals surface area contributed by atoms with Gasteiger partial charge in [-0.1, -0.05) is 328 Å². The van der Waals surface area contributed by atoms with Crippen molar-refractivity contribution in [3.8, 4) is 0 Å². The average molecular weight is 990 g/mol. The Kier molecular flexibility index (Phi) is 44.6. The first kappa shape index (κ1) is 71.0. The Morgan fingerprint density at radius 2 is 0.806 bits per heavy atom. The molecule has 0 N–H and O–H groups in total. The zero-order valence-corrected chi connectivity index (χ0v) is 51.8. The highest BCUT2D eigenvalue weighted by Gasteiger charge is 2.38. The Labute approximate surface area is 453 Å². The van der Waals surface area contributed by atoms with Crippen molar-refractivity contribution in [3.05, 3.63) is 143 Å².